The van der Waals surface area contributed by atoms with Crippen molar-refractivity contribution in [1.29, 1.82) is 0 Å². The van der Waals surface area contributed by atoms with Crippen molar-refractivity contribution in [1.82, 2.24) is 9.97 Å². The SMILES string of the molecule is CC(C)c1ccc(-c2ccc3c(c2)c(-c2ccc4cc(C(C)(C)C)ccc4c2)c2ccc4nc5c6ccc(-c7ccc(C(C)C)cc7)cc6c(-c6ccc7cc(C(C)(C)C)ccc7c6)c6ccc7nc3c2c4c7c65)cc1. The Kier molecular flexibility index (Phi) is 10.2. The molecule has 368 valence electrons. The molecule has 14 aromatic rings. The molecule has 14 rings (SSSR count). The number of benzene rings is 12. The topological polar surface area (TPSA) is 25.8 Å². The van der Waals surface area contributed by atoms with Gasteiger partial charge in [0, 0.05) is 32.3 Å². The van der Waals surface area contributed by atoms with E-state index < -0.39 is 0 Å². The maximum Gasteiger partial charge on any atom is 0.0801 e. The molecule has 0 bridgehead atoms. The second-order valence-corrected chi connectivity index (χ2v) is 24.6. The van der Waals surface area contributed by atoms with Crippen molar-refractivity contribution in [3.8, 4) is 44.5 Å². The quantitative estimate of drug-likeness (QED) is 0.123. The standard InChI is InChI=1S/C74H62N2/c1-41(2)43-11-15-45(16-12-43)51-25-29-57-61(39-51)65(53-21-19-49-37-55(73(5,6)7)27-23-47(49)35-53)59-31-33-64-69-67(59)71(57)75-63-34-32-60-66(54-22-20-50-38-56(74(8,9)10)28-24-48(50)36-54)62-40-52(46-17-13-44(14-18-46)42(3)4)26-30-58(62)72(76-64)68(60)70(63)69/h11-42H,1-10H3. The minimum absolute atomic E-state index is 0.0582. The smallest absolute Gasteiger partial charge is 0.0801 e. The molecular weight excluding hydrogens is 917 g/mol. The molecule has 0 aliphatic rings. The number of pyridine rings is 2. The lowest BCUT2D eigenvalue weighted by molar-refractivity contribution is 0.591. The van der Waals surface area contributed by atoms with Crippen LogP contribution < -0.4 is 0 Å². The maximum atomic E-state index is 5.81. The Morgan fingerprint density at radius 1 is 0.289 bits per heavy atom. The van der Waals surface area contributed by atoms with Crippen LogP contribution in [-0.4, -0.2) is 9.97 Å². The third kappa shape index (κ3) is 7.21. The number of nitrogens with zero attached hydrogens (tertiary/aromatic N) is 2. The lowest BCUT2D eigenvalue weighted by Gasteiger charge is -2.23. The predicted octanol–water partition coefficient (Wildman–Crippen LogP) is 21.2. The number of rotatable bonds is 6. The molecule has 0 N–H and O–H groups in total. The second-order valence-electron chi connectivity index (χ2n) is 24.6. The molecule has 0 unspecified atom stereocenters. The summed E-state index contributed by atoms with van der Waals surface area (Å²) in [7, 11) is 0. The van der Waals surface area contributed by atoms with Crippen LogP contribution in [0.4, 0.5) is 0 Å². The average Bonchev–Trinajstić information content (AvgIpc) is 3.57. The van der Waals surface area contributed by atoms with Crippen molar-refractivity contribution < 1.29 is 0 Å². The van der Waals surface area contributed by atoms with Crippen molar-refractivity contribution in [2.45, 2.75) is 91.9 Å². The first-order valence-corrected chi connectivity index (χ1v) is 27.4. The molecule has 2 aromatic heterocycles. The van der Waals surface area contributed by atoms with Gasteiger partial charge in [0.1, 0.15) is 0 Å². The summed E-state index contributed by atoms with van der Waals surface area (Å²) in [6.45, 7) is 22.8. The number of aromatic nitrogens is 2. The third-order valence-corrected chi connectivity index (χ3v) is 17.0. The van der Waals surface area contributed by atoms with Crippen LogP contribution in [0.2, 0.25) is 0 Å². The van der Waals surface area contributed by atoms with E-state index in [2.05, 4.69) is 251 Å². The minimum atomic E-state index is 0.0582. The lowest BCUT2D eigenvalue weighted by Crippen LogP contribution is -2.10. The second kappa shape index (κ2) is 16.6. The molecule has 0 spiro atoms. The molecule has 0 aliphatic heterocycles. The van der Waals surface area contributed by atoms with Gasteiger partial charge in [0.2, 0.25) is 0 Å². The highest BCUT2D eigenvalue weighted by molar-refractivity contribution is 6.41. The van der Waals surface area contributed by atoms with E-state index in [4.69, 9.17) is 9.97 Å². The summed E-state index contributed by atoms with van der Waals surface area (Å²) in [4.78, 5) is 11.6. The van der Waals surface area contributed by atoms with E-state index in [9.17, 15) is 0 Å². The highest BCUT2D eigenvalue weighted by Gasteiger charge is 2.26. The fourth-order valence-corrected chi connectivity index (χ4v) is 12.6. The van der Waals surface area contributed by atoms with Crippen LogP contribution in [-0.2, 0) is 10.8 Å². The first kappa shape index (κ1) is 46.3. The van der Waals surface area contributed by atoms with Gasteiger partial charge in [-0.1, -0.05) is 215 Å². The molecule has 0 fully saturated rings. The van der Waals surface area contributed by atoms with E-state index in [1.54, 1.807) is 0 Å². The number of hydrogen-bond acceptors (Lipinski definition) is 2. The largest absolute Gasteiger partial charge is 0.247 e. The van der Waals surface area contributed by atoms with Gasteiger partial charge in [0.05, 0.1) is 22.1 Å². The summed E-state index contributed by atoms with van der Waals surface area (Å²) in [5.74, 6) is 0.938. The molecule has 0 radical (unpaired) electrons. The summed E-state index contributed by atoms with van der Waals surface area (Å²) < 4.78 is 0. The van der Waals surface area contributed by atoms with Crippen LogP contribution in [0.5, 0.6) is 0 Å². The normalized spacial score (nSPS) is 12.8. The lowest BCUT2D eigenvalue weighted by atomic mass is 9.83. The Morgan fingerprint density at radius 2 is 0.632 bits per heavy atom. The summed E-state index contributed by atoms with van der Waals surface area (Å²) in [5.41, 5.74) is 19.2. The van der Waals surface area contributed by atoms with Gasteiger partial charge >= 0.3 is 0 Å². The fourth-order valence-electron chi connectivity index (χ4n) is 12.6. The van der Waals surface area contributed by atoms with Gasteiger partial charge in [-0.2, -0.15) is 0 Å². The Morgan fingerprint density at radius 3 is 1.01 bits per heavy atom. The molecule has 0 aliphatic carbocycles. The third-order valence-electron chi connectivity index (χ3n) is 17.0. The zero-order chi connectivity index (χ0) is 52.1. The van der Waals surface area contributed by atoms with E-state index >= 15 is 0 Å². The molecule has 0 saturated heterocycles. The zero-order valence-electron chi connectivity index (χ0n) is 45.4. The minimum Gasteiger partial charge on any atom is -0.247 e. The van der Waals surface area contributed by atoms with Crippen LogP contribution in [0.1, 0.15) is 103 Å². The molecular formula is C74H62N2. The van der Waals surface area contributed by atoms with Gasteiger partial charge in [-0.3, -0.25) is 0 Å². The van der Waals surface area contributed by atoms with Gasteiger partial charge in [0.25, 0.3) is 0 Å². The first-order valence-electron chi connectivity index (χ1n) is 27.4. The Balaban J connectivity index is 1.08. The fraction of sp³-hybridized carbons (Fsp3) is 0.189. The molecule has 0 atom stereocenters. The van der Waals surface area contributed by atoms with Gasteiger partial charge in [-0.15, -0.1) is 0 Å². The van der Waals surface area contributed by atoms with Crippen molar-refractivity contribution in [2.24, 2.45) is 0 Å². The zero-order valence-corrected chi connectivity index (χ0v) is 45.4. The van der Waals surface area contributed by atoms with E-state index in [0.29, 0.717) is 11.8 Å². The van der Waals surface area contributed by atoms with Crippen LogP contribution in [0, 0.1) is 0 Å². The molecule has 76 heavy (non-hydrogen) atoms. The molecule has 2 nitrogen and oxygen atoms in total. The van der Waals surface area contributed by atoms with Crippen molar-refractivity contribution in [3.05, 3.63) is 204 Å². The van der Waals surface area contributed by atoms with Gasteiger partial charge in [0.15, 0.2) is 0 Å². The Hall–Kier alpha value is -8.20. The number of hydrogen-bond donors (Lipinski definition) is 0. The van der Waals surface area contributed by atoms with E-state index in [0.717, 1.165) is 32.8 Å². The average molecular weight is 979 g/mol. The van der Waals surface area contributed by atoms with E-state index in [1.165, 1.54) is 131 Å². The number of fused-ring (bicyclic) bond motifs is 6. The maximum absolute atomic E-state index is 5.81. The van der Waals surface area contributed by atoms with Gasteiger partial charge in [-0.25, -0.2) is 9.97 Å². The van der Waals surface area contributed by atoms with Gasteiger partial charge < -0.3 is 0 Å². The Bertz CT molecular complexity index is 4370. The van der Waals surface area contributed by atoms with Crippen LogP contribution >= 0.6 is 0 Å². The van der Waals surface area contributed by atoms with E-state index in [-0.39, 0.29) is 10.8 Å². The molecule has 2 heteroatoms. The highest BCUT2D eigenvalue weighted by atomic mass is 14.7. The molecule has 12 aromatic carbocycles. The summed E-state index contributed by atoms with van der Waals surface area (Å²) in [6, 6.07) is 69.8. The van der Waals surface area contributed by atoms with E-state index in [1.807, 2.05) is 0 Å². The molecule has 0 amide bonds. The Labute approximate surface area is 445 Å². The van der Waals surface area contributed by atoms with Crippen LogP contribution in [0.25, 0.3) is 142 Å². The van der Waals surface area contributed by atoms with Crippen LogP contribution in [0.15, 0.2) is 182 Å². The van der Waals surface area contributed by atoms with Crippen LogP contribution in [0.3, 0.4) is 0 Å². The van der Waals surface area contributed by atoms with Crippen molar-refractivity contribution in [2.75, 3.05) is 0 Å². The van der Waals surface area contributed by atoms with Crippen molar-refractivity contribution in [3.63, 3.8) is 0 Å². The summed E-state index contributed by atoms with van der Waals surface area (Å²) in [5, 5.41) is 16.8. The highest BCUT2D eigenvalue weighted by Crippen LogP contribution is 2.51. The summed E-state index contributed by atoms with van der Waals surface area (Å²) >= 11 is 0. The molecule has 0 saturated carbocycles. The predicted molar refractivity (Wildman–Crippen MR) is 329 cm³/mol. The summed E-state index contributed by atoms with van der Waals surface area (Å²) in [6.07, 6.45) is 0. The van der Waals surface area contributed by atoms with Gasteiger partial charge in [-0.05, 0) is 169 Å². The molecule has 2 heterocycles. The monoisotopic (exact) mass is 978 g/mol. The first-order chi connectivity index (χ1) is 36.6. The van der Waals surface area contributed by atoms with Crippen molar-refractivity contribution >= 4 is 97.5 Å².